The van der Waals surface area contributed by atoms with Crippen LogP contribution in [0.5, 0.6) is 5.75 Å². The van der Waals surface area contributed by atoms with Crippen molar-refractivity contribution in [3.05, 3.63) is 29.3 Å². The monoisotopic (exact) mass is 510 g/mol. The van der Waals surface area contributed by atoms with Crippen LogP contribution in [0.1, 0.15) is 50.2 Å². The van der Waals surface area contributed by atoms with Gasteiger partial charge in [0.15, 0.2) is 5.60 Å². The Kier molecular flexibility index (Phi) is 5.49. The fourth-order valence-electron chi connectivity index (χ4n) is 6.75. The summed E-state index contributed by atoms with van der Waals surface area (Å²) in [6.45, 7) is 1.38. The molecule has 1 saturated heterocycles. The predicted molar refractivity (Wildman–Crippen MR) is 113 cm³/mol. The van der Waals surface area contributed by atoms with Gasteiger partial charge in [-0.15, -0.1) is 11.6 Å². The van der Waals surface area contributed by atoms with Crippen molar-refractivity contribution in [1.29, 1.82) is 0 Å². The van der Waals surface area contributed by atoms with Gasteiger partial charge in [-0.1, -0.05) is 19.1 Å². The molecular formula is C22H27ClF3O6P. The van der Waals surface area contributed by atoms with Crippen LogP contribution in [-0.2, 0) is 31.3 Å². The average Bonchev–Trinajstić information content (AvgIpc) is 2.64. The van der Waals surface area contributed by atoms with Gasteiger partial charge in [0, 0.05) is 17.1 Å². The van der Waals surface area contributed by atoms with Gasteiger partial charge in [0.05, 0.1) is 0 Å². The van der Waals surface area contributed by atoms with Crippen LogP contribution in [0, 0.1) is 17.8 Å². The lowest BCUT2D eigenvalue weighted by Gasteiger charge is -2.70. The maximum Gasteiger partial charge on any atom is 0.411 e. The minimum absolute atomic E-state index is 0.113. The van der Waals surface area contributed by atoms with Crippen LogP contribution in [0.4, 0.5) is 13.2 Å². The normalized spacial score (nSPS) is 41.1. The summed E-state index contributed by atoms with van der Waals surface area (Å²) in [5, 5.41) is 0. The highest BCUT2D eigenvalue weighted by Gasteiger charge is 2.78. The molecule has 1 aliphatic heterocycles. The van der Waals surface area contributed by atoms with Gasteiger partial charge in [0.1, 0.15) is 12.4 Å². The molecule has 0 aromatic heterocycles. The topological polar surface area (TPSA) is 74.2 Å². The van der Waals surface area contributed by atoms with Gasteiger partial charge in [-0.05, 0) is 67.9 Å². The van der Waals surface area contributed by atoms with E-state index < -0.39 is 31.8 Å². The molecule has 4 saturated carbocycles. The van der Waals surface area contributed by atoms with Crippen molar-refractivity contribution < 1.29 is 41.7 Å². The second-order valence-corrected chi connectivity index (χ2v) is 12.6. The second kappa shape index (κ2) is 7.58. The Hall–Kier alpha value is -0.830. The first-order chi connectivity index (χ1) is 15.3. The molecule has 5 fully saturated rings. The molecule has 33 heavy (non-hydrogen) atoms. The number of hydrogen-bond donors (Lipinski definition) is 1. The highest BCUT2D eigenvalue weighted by Crippen LogP contribution is 2.71. The molecule has 11 heteroatoms. The highest BCUT2D eigenvalue weighted by molar-refractivity contribution is 7.52. The van der Waals surface area contributed by atoms with Crippen molar-refractivity contribution in [1.82, 2.24) is 0 Å². The van der Waals surface area contributed by atoms with Gasteiger partial charge in [-0.25, -0.2) is 9.45 Å². The van der Waals surface area contributed by atoms with E-state index in [1.165, 1.54) is 6.07 Å². The molecule has 1 aromatic carbocycles. The van der Waals surface area contributed by atoms with Crippen LogP contribution in [0.25, 0.3) is 0 Å². The summed E-state index contributed by atoms with van der Waals surface area (Å²) < 4.78 is 62.8. The van der Waals surface area contributed by atoms with Gasteiger partial charge in [-0.3, -0.25) is 0 Å². The van der Waals surface area contributed by atoms with E-state index in [-0.39, 0.29) is 28.0 Å². The fourth-order valence-corrected chi connectivity index (χ4v) is 7.88. The zero-order valence-electron chi connectivity index (χ0n) is 18.4. The Morgan fingerprint density at radius 1 is 1.21 bits per heavy atom. The molecule has 1 aromatic rings. The molecule has 1 heterocycles. The molecule has 184 valence electrons. The molecule has 1 N–H and O–H groups in total. The first kappa shape index (κ1) is 23.9. The minimum Gasteiger partial charge on any atom is -0.424 e. The number of hydrogen-bond acceptors (Lipinski definition) is 5. The minimum atomic E-state index is -4.58. The molecule has 4 atom stereocenters. The lowest BCUT2D eigenvalue weighted by Crippen LogP contribution is -2.78. The van der Waals surface area contributed by atoms with Crippen LogP contribution in [0.15, 0.2) is 18.2 Å². The molecular weight excluding hydrogens is 484 g/mol. The molecule has 4 aliphatic carbocycles. The van der Waals surface area contributed by atoms with E-state index >= 15 is 0 Å². The lowest BCUT2D eigenvalue weighted by atomic mass is 9.46. The van der Waals surface area contributed by atoms with Gasteiger partial charge in [0.2, 0.25) is 0 Å². The Balaban J connectivity index is 1.61. The van der Waals surface area contributed by atoms with Gasteiger partial charge >= 0.3 is 13.8 Å². The summed E-state index contributed by atoms with van der Waals surface area (Å²) in [5.74, 6) is -1.57. The number of rotatable bonds is 6. The van der Waals surface area contributed by atoms with E-state index in [1.807, 2.05) is 6.92 Å². The van der Waals surface area contributed by atoms with Crippen molar-refractivity contribution in [3.63, 3.8) is 0 Å². The lowest BCUT2D eigenvalue weighted by molar-refractivity contribution is -0.650. The average molecular weight is 511 g/mol. The van der Waals surface area contributed by atoms with E-state index in [0.717, 1.165) is 25.9 Å². The van der Waals surface area contributed by atoms with Crippen LogP contribution >= 0.6 is 19.2 Å². The van der Waals surface area contributed by atoms with Crippen molar-refractivity contribution in [3.8, 4) is 5.75 Å². The van der Waals surface area contributed by atoms with Crippen LogP contribution in [0.3, 0.4) is 0 Å². The zero-order valence-corrected chi connectivity index (χ0v) is 20.0. The predicted octanol–water partition coefficient (Wildman–Crippen LogP) is 5.69. The third-order valence-electron chi connectivity index (χ3n) is 7.67. The summed E-state index contributed by atoms with van der Waals surface area (Å²) in [4.78, 5) is 20.7. The highest BCUT2D eigenvalue weighted by atomic mass is 35.5. The molecule has 0 radical (unpaired) electrons. The number of ether oxygens (including phenoxy) is 1. The van der Waals surface area contributed by atoms with Crippen molar-refractivity contribution in [2.24, 2.45) is 17.8 Å². The summed E-state index contributed by atoms with van der Waals surface area (Å²) in [5.41, 5.74) is -0.206. The third kappa shape index (κ3) is 3.83. The molecule has 6 nitrogen and oxygen atoms in total. The molecule has 0 amide bonds. The molecule has 4 bridgehead atoms. The first-order valence-corrected chi connectivity index (χ1v) is 13.6. The third-order valence-corrected chi connectivity index (χ3v) is 8.67. The number of benzene rings is 1. The largest absolute Gasteiger partial charge is 0.424 e. The summed E-state index contributed by atoms with van der Waals surface area (Å²) in [6.07, 6.45) is -0.403. The van der Waals surface area contributed by atoms with Crippen molar-refractivity contribution >= 4 is 19.2 Å². The van der Waals surface area contributed by atoms with Gasteiger partial charge < -0.3 is 14.2 Å². The molecule has 1 spiro atoms. The number of aryl methyl sites for hydroxylation is 1. The summed E-state index contributed by atoms with van der Waals surface area (Å²) in [6, 6.07) is 4.74. The Bertz CT molecular complexity index is 981. The van der Waals surface area contributed by atoms with E-state index in [4.69, 9.17) is 30.6 Å². The SMILES string of the molecule is CCc1ccc(C2(OCC(F)(F)F)OOC23C2CC4CC3CC(Cl)(C4)C2)cc1OP(C)(=O)O. The van der Waals surface area contributed by atoms with E-state index in [1.54, 1.807) is 12.1 Å². The summed E-state index contributed by atoms with van der Waals surface area (Å²) in [7, 11) is -3.91. The van der Waals surface area contributed by atoms with Gasteiger partial charge in [0.25, 0.3) is 5.79 Å². The smallest absolute Gasteiger partial charge is 0.411 e. The maximum absolute atomic E-state index is 13.3. The van der Waals surface area contributed by atoms with Gasteiger partial charge in [-0.2, -0.15) is 18.1 Å². The molecule has 6 rings (SSSR count). The number of halogens is 4. The number of alkyl halides is 4. The van der Waals surface area contributed by atoms with E-state index in [9.17, 15) is 22.6 Å². The molecule has 5 aliphatic rings. The van der Waals surface area contributed by atoms with Crippen LogP contribution in [-0.4, -0.2) is 34.8 Å². The quantitative estimate of drug-likeness (QED) is 0.301. The van der Waals surface area contributed by atoms with Crippen LogP contribution < -0.4 is 4.52 Å². The van der Waals surface area contributed by atoms with Crippen LogP contribution in [0.2, 0.25) is 0 Å². The Labute approximate surface area is 195 Å². The Morgan fingerprint density at radius 3 is 2.36 bits per heavy atom. The van der Waals surface area contributed by atoms with Crippen molar-refractivity contribution in [2.75, 3.05) is 13.3 Å². The standard InChI is InChI=1S/C22H27ClF3O6P/c1-3-14-4-5-15(8-18(14)30-33(2,27)28)22(29-12-20(24,25)26)21(31-32-22)16-6-13-7-17(21)11-19(23,9-13)10-16/h4-5,8,13,16-17H,3,6-7,9-12H2,1-2H3,(H,27,28). The first-order valence-electron chi connectivity index (χ1n) is 11.2. The van der Waals surface area contributed by atoms with E-state index in [0.29, 0.717) is 30.7 Å². The van der Waals surface area contributed by atoms with E-state index in [2.05, 4.69) is 0 Å². The fraction of sp³-hybridized carbons (Fsp3) is 0.727. The summed E-state index contributed by atoms with van der Waals surface area (Å²) >= 11 is 6.87. The second-order valence-electron chi connectivity index (χ2n) is 10.0. The molecule has 4 unspecified atom stereocenters. The van der Waals surface area contributed by atoms with Crippen molar-refractivity contribution in [2.45, 2.75) is 67.9 Å². The maximum atomic E-state index is 13.3. The zero-order chi connectivity index (χ0) is 23.9. The Morgan fingerprint density at radius 2 is 1.88 bits per heavy atom.